The van der Waals surface area contributed by atoms with Crippen molar-refractivity contribution in [1.82, 2.24) is 14.8 Å². The molecule has 0 radical (unpaired) electrons. The van der Waals surface area contributed by atoms with Crippen LogP contribution in [0.2, 0.25) is 0 Å². The van der Waals surface area contributed by atoms with E-state index in [4.69, 9.17) is 5.26 Å². The van der Waals surface area contributed by atoms with E-state index in [1.54, 1.807) is 24.0 Å². The molecule has 1 aromatic heterocycles. The van der Waals surface area contributed by atoms with Gasteiger partial charge in [0.25, 0.3) is 5.91 Å². The number of nitrogens with zero attached hydrogens (tertiary/aromatic N) is 4. The zero-order chi connectivity index (χ0) is 17.1. The van der Waals surface area contributed by atoms with Crippen LogP contribution in [0.5, 0.6) is 0 Å². The number of thioether (sulfide) groups is 1. The molecule has 2 aliphatic heterocycles. The molecule has 1 aromatic rings. The molecule has 7 heteroatoms. The van der Waals surface area contributed by atoms with Gasteiger partial charge in [-0.3, -0.25) is 9.59 Å². The monoisotopic (exact) mass is 344 g/mol. The van der Waals surface area contributed by atoms with E-state index in [9.17, 15) is 9.59 Å². The minimum atomic E-state index is -0.377. The van der Waals surface area contributed by atoms with Crippen molar-refractivity contribution in [3.05, 3.63) is 29.1 Å². The number of aromatic nitrogens is 1. The van der Waals surface area contributed by atoms with Crippen LogP contribution in [0.3, 0.4) is 0 Å². The van der Waals surface area contributed by atoms with Gasteiger partial charge in [-0.2, -0.15) is 17.0 Å². The van der Waals surface area contributed by atoms with Crippen LogP contribution < -0.4 is 0 Å². The molecular formula is C17H20N4O2S. The average molecular weight is 344 g/mol. The maximum Gasteiger partial charge on any atom is 0.273 e. The fourth-order valence-corrected chi connectivity index (χ4v) is 4.11. The van der Waals surface area contributed by atoms with Crippen molar-refractivity contribution >= 4 is 23.6 Å². The first-order valence-electron chi connectivity index (χ1n) is 8.17. The van der Waals surface area contributed by atoms with Crippen LogP contribution in [0, 0.1) is 18.3 Å². The van der Waals surface area contributed by atoms with Crippen molar-refractivity contribution in [3.8, 4) is 6.07 Å². The van der Waals surface area contributed by atoms with Gasteiger partial charge in [0, 0.05) is 31.1 Å². The minimum absolute atomic E-state index is 0.0616. The van der Waals surface area contributed by atoms with Crippen LogP contribution >= 0.6 is 11.8 Å². The molecule has 6 nitrogen and oxygen atoms in total. The highest BCUT2D eigenvalue weighted by Crippen LogP contribution is 2.23. The standard InChI is InChI=1S/C17H20N4O2S/c1-12-13(11-18)4-5-14(19-12)16(22)21-6-2-3-15(21)17(23)20-7-9-24-10-8-20/h4-5,15H,2-3,6-10H2,1H3/t15-/m0/s1. The number of amides is 2. The zero-order valence-electron chi connectivity index (χ0n) is 13.7. The summed E-state index contributed by atoms with van der Waals surface area (Å²) in [4.78, 5) is 33.4. The summed E-state index contributed by atoms with van der Waals surface area (Å²) in [6, 6.07) is 4.86. The second-order valence-corrected chi connectivity index (χ2v) is 7.26. The summed E-state index contributed by atoms with van der Waals surface area (Å²) in [5.41, 5.74) is 1.31. The first-order chi connectivity index (χ1) is 11.6. The lowest BCUT2D eigenvalue weighted by atomic mass is 10.1. The van der Waals surface area contributed by atoms with E-state index in [1.807, 2.05) is 16.7 Å². The summed E-state index contributed by atoms with van der Waals surface area (Å²) in [5.74, 6) is 1.77. The molecular weight excluding hydrogens is 324 g/mol. The van der Waals surface area contributed by atoms with Crippen LogP contribution in [-0.2, 0) is 4.79 Å². The number of aryl methyl sites for hydroxylation is 1. The molecule has 0 aliphatic carbocycles. The van der Waals surface area contributed by atoms with Crippen molar-refractivity contribution in [1.29, 1.82) is 5.26 Å². The van der Waals surface area contributed by atoms with E-state index in [-0.39, 0.29) is 17.9 Å². The van der Waals surface area contributed by atoms with Crippen LogP contribution in [0.25, 0.3) is 0 Å². The highest BCUT2D eigenvalue weighted by atomic mass is 32.2. The summed E-state index contributed by atoms with van der Waals surface area (Å²) in [5, 5.41) is 8.98. The second kappa shape index (κ2) is 7.22. The molecule has 0 bridgehead atoms. The summed E-state index contributed by atoms with van der Waals surface area (Å²) in [6.07, 6.45) is 1.55. The Morgan fingerprint density at radius 3 is 2.71 bits per heavy atom. The first kappa shape index (κ1) is 16.8. The summed E-state index contributed by atoms with van der Waals surface area (Å²) < 4.78 is 0. The van der Waals surface area contributed by atoms with Crippen molar-refractivity contribution in [2.45, 2.75) is 25.8 Å². The Kier molecular flexibility index (Phi) is 5.05. The third-order valence-electron chi connectivity index (χ3n) is 4.55. The lowest BCUT2D eigenvalue weighted by molar-refractivity contribution is -0.134. The van der Waals surface area contributed by atoms with Crippen LogP contribution in [0.4, 0.5) is 0 Å². The van der Waals surface area contributed by atoms with Gasteiger partial charge in [0.2, 0.25) is 5.91 Å². The normalized spacial score (nSPS) is 20.8. The molecule has 2 aliphatic rings. The molecule has 0 unspecified atom stereocenters. The van der Waals surface area contributed by atoms with E-state index in [0.29, 0.717) is 29.9 Å². The first-order valence-corrected chi connectivity index (χ1v) is 9.32. The fraction of sp³-hybridized carbons (Fsp3) is 0.529. The molecule has 2 saturated heterocycles. The lowest BCUT2D eigenvalue weighted by Crippen LogP contribution is -2.50. The maximum absolute atomic E-state index is 12.8. The van der Waals surface area contributed by atoms with Crippen LogP contribution in [0.15, 0.2) is 12.1 Å². The van der Waals surface area contributed by atoms with E-state index in [0.717, 1.165) is 31.0 Å². The zero-order valence-corrected chi connectivity index (χ0v) is 14.5. The smallest absolute Gasteiger partial charge is 0.273 e. The van der Waals surface area contributed by atoms with Gasteiger partial charge in [0.05, 0.1) is 11.3 Å². The van der Waals surface area contributed by atoms with Crippen LogP contribution in [0.1, 0.15) is 34.6 Å². The van der Waals surface area contributed by atoms with Crippen LogP contribution in [-0.4, -0.2) is 63.8 Å². The van der Waals surface area contributed by atoms with Gasteiger partial charge in [-0.1, -0.05) is 0 Å². The van der Waals surface area contributed by atoms with Gasteiger partial charge in [0.1, 0.15) is 17.8 Å². The number of rotatable bonds is 2. The Bertz CT molecular complexity index is 694. The largest absolute Gasteiger partial charge is 0.339 e. The molecule has 0 aromatic carbocycles. The number of carbonyl (C=O) groups excluding carboxylic acids is 2. The van der Waals surface area contributed by atoms with Gasteiger partial charge in [0.15, 0.2) is 0 Å². The molecule has 0 spiro atoms. The van der Waals surface area contributed by atoms with Gasteiger partial charge in [-0.15, -0.1) is 0 Å². The minimum Gasteiger partial charge on any atom is -0.339 e. The third-order valence-corrected chi connectivity index (χ3v) is 5.49. The maximum atomic E-state index is 12.8. The molecule has 0 N–H and O–H groups in total. The number of hydrogen-bond acceptors (Lipinski definition) is 5. The predicted octanol–water partition coefficient (Wildman–Crippen LogP) is 1.44. The molecule has 1 atom stereocenters. The highest BCUT2D eigenvalue weighted by Gasteiger charge is 2.37. The molecule has 3 heterocycles. The molecule has 2 fully saturated rings. The Hall–Kier alpha value is -2.07. The van der Waals surface area contributed by atoms with Crippen molar-refractivity contribution in [2.75, 3.05) is 31.1 Å². The number of pyridine rings is 1. The fourth-order valence-electron chi connectivity index (χ4n) is 3.21. The number of carbonyl (C=O) groups is 2. The SMILES string of the molecule is Cc1nc(C(=O)N2CCC[C@H]2C(=O)N2CCSCC2)ccc1C#N. The Balaban J connectivity index is 1.77. The molecule has 24 heavy (non-hydrogen) atoms. The highest BCUT2D eigenvalue weighted by molar-refractivity contribution is 7.99. The molecule has 3 rings (SSSR count). The topological polar surface area (TPSA) is 77.3 Å². The van der Waals surface area contributed by atoms with Crippen molar-refractivity contribution in [2.24, 2.45) is 0 Å². The summed E-state index contributed by atoms with van der Waals surface area (Å²) in [6.45, 7) is 3.82. The van der Waals surface area contributed by atoms with E-state index in [1.165, 1.54) is 0 Å². The lowest BCUT2D eigenvalue weighted by Gasteiger charge is -2.32. The average Bonchev–Trinajstić information content (AvgIpc) is 3.10. The second-order valence-electron chi connectivity index (χ2n) is 6.04. The number of likely N-dealkylation sites (tertiary alicyclic amines) is 1. The Morgan fingerprint density at radius 1 is 1.29 bits per heavy atom. The number of nitriles is 1. The van der Waals surface area contributed by atoms with E-state index < -0.39 is 0 Å². The van der Waals surface area contributed by atoms with E-state index in [2.05, 4.69) is 11.1 Å². The van der Waals surface area contributed by atoms with Gasteiger partial charge in [-0.05, 0) is 31.9 Å². The summed E-state index contributed by atoms with van der Waals surface area (Å²) in [7, 11) is 0. The third kappa shape index (κ3) is 3.24. The molecule has 0 saturated carbocycles. The van der Waals surface area contributed by atoms with Gasteiger partial charge >= 0.3 is 0 Å². The van der Waals surface area contributed by atoms with Crippen molar-refractivity contribution in [3.63, 3.8) is 0 Å². The Morgan fingerprint density at radius 2 is 2.04 bits per heavy atom. The quantitative estimate of drug-likeness (QED) is 0.811. The number of hydrogen-bond donors (Lipinski definition) is 0. The van der Waals surface area contributed by atoms with Gasteiger partial charge in [-0.25, -0.2) is 4.98 Å². The summed E-state index contributed by atoms with van der Waals surface area (Å²) >= 11 is 1.86. The molecule has 126 valence electrons. The molecule has 2 amide bonds. The Labute approximate surface area is 145 Å². The predicted molar refractivity (Wildman–Crippen MR) is 91.7 cm³/mol. The van der Waals surface area contributed by atoms with E-state index >= 15 is 0 Å². The van der Waals surface area contributed by atoms with Gasteiger partial charge < -0.3 is 9.80 Å². The van der Waals surface area contributed by atoms with Crippen molar-refractivity contribution < 1.29 is 9.59 Å².